The summed E-state index contributed by atoms with van der Waals surface area (Å²) < 4.78 is 50.2. The van der Waals surface area contributed by atoms with Crippen LogP contribution in [0.3, 0.4) is 0 Å². The van der Waals surface area contributed by atoms with E-state index in [-0.39, 0.29) is 65.2 Å². The molecule has 1 saturated heterocycles. The molecule has 0 amide bonds. The average Bonchev–Trinajstić information content (AvgIpc) is 2.37. The zero-order chi connectivity index (χ0) is 18.2. The van der Waals surface area contributed by atoms with Crippen molar-refractivity contribution >= 4 is 22.6 Å². The van der Waals surface area contributed by atoms with E-state index in [4.69, 9.17) is 27.0 Å². The van der Waals surface area contributed by atoms with Gasteiger partial charge in [0.05, 0.1) is 18.2 Å². The SMILES string of the molecule is O=S(=O)([O-])O.[CH2-]C1O[C@H](OC(C)C)C(NSOO[O-])[C@@H](O)[C@@H]1O.[Na+].[Na+]. The minimum absolute atomic E-state index is 0. The average molecular weight is 426 g/mol. The molecule has 1 rings (SSSR count). The number of aliphatic hydroxyl groups is 2. The van der Waals surface area contributed by atoms with Gasteiger partial charge in [-0.05, 0) is 20.0 Å². The molecule has 16 heteroatoms. The van der Waals surface area contributed by atoms with E-state index in [9.17, 15) is 15.5 Å². The van der Waals surface area contributed by atoms with E-state index in [1.807, 2.05) is 0 Å². The van der Waals surface area contributed by atoms with Gasteiger partial charge >= 0.3 is 59.1 Å². The summed E-state index contributed by atoms with van der Waals surface area (Å²) >= 11 is 0.461. The Kier molecular flexibility index (Phi) is 19.9. The second-order valence-corrected chi connectivity index (χ2v) is 5.89. The fourth-order valence-corrected chi connectivity index (χ4v) is 1.96. The Bertz CT molecular complexity index is 422. The molecule has 140 valence electrons. The maximum atomic E-state index is 9.89. The number of ether oxygens (including phenoxy) is 2. The van der Waals surface area contributed by atoms with Gasteiger partial charge in [-0.25, -0.2) is 13.1 Å². The summed E-state index contributed by atoms with van der Waals surface area (Å²) in [7, 11) is -4.92. The van der Waals surface area contributed by atoms with E-state index in [1.165, 1.54) is 0 Å². The predicted molar refractivity (Wildman–Crippen MR) is 71.3 cm³/mol. The van der Waals surface area contributed by atoms with Crippen LogP contribution in [-0.4, -0.2) is 64.5 Å². The number of hydrogen-bond acceptors (Lipinski definition) is 12. The topological polar surface area (TPSA) is 190 Å². The largest absolute Gasteiger partial charge is 1.00 e. The standard InChI is InChI=1S/C9H18NO7S.2Na.H2O4S/c1-4(2)14-9-6(10-18-17-16-13)8(12)7(11)5(3)15-9;;;1-5(2,3)4/h4-13H,3H2,1-2H3;;;(H2,1,2,3,4)/q-1;2*+1;/p-2/t5?,6?,7-,8-,9+;;;/m1.../s1. The first-order valence-electron chi connectivity index (χ1n) is 6.03. The Hall–Kier alpha value is 1.90. The van der Waals surface area contributed by atoms with Gasteiger partial charge < -0.3 is 36.4 Å². The van der Waals surface area contributed by atoms with Crippen LogP contribution in [0.2, 0.25) is 0 Å². The van der Waals surface area contributed by atoms with Crippen LogP contribution in [-0.2, 0) is 29.2 Å². The molecule has 25 heavy (non-hydrogen) atoms. The summed E-state index contributed by atoms with van der Waals surface area (Å²) in [4.78, 5) is 0. The van der Waals surface area contributed by atoms with Crippen molar-refractivity contribution < 1.29 is 111 Å². The molecule has 0 aromatic carbocycles. The van der Waals surface area contributed by atoms with Crippen LogP contribution in [0.15, 0.2) is 0 Å². The maximum absolute atomic E-state index is 9.89. The van der Waals surface area contributed by atoms with E-state index in [1.54, 1.807) is 13.8 Å². The summed E-state index contributed by atoms with van der Waals surface area (Å²) in [5.41, 5.74) is 0. The molecule has 1 heterocycles. The zero-order valence-corrected chi connectivity index (χ0v) is 19.7. The third kappa shape index (κ3) is 15.5. The predicted octanol–water partition coefficient (Wildman–Crippen LogP) is -8.55. The van der Waals surface area contributed by atoms with Crippen molar-refractivity contribution in [3.8, 4) is 0 Å². The molecule has 1 aliphatic heterocycles. The smallest absolute Gasteiger partial charge is 0.726 e. The first kappa shape index (κ1) is 31.6. The van der Waals surface area contributed by atoms with E-state index < -0.39 is 41.0 Å². The monoisotopic (exact) mass is 426 g/mol. The second kappa shape index (κ2) is 15.8. The molecular weight excluding hydrogens is 408 g/mol. The van der Waals surface area contributed by atoms with Gasteiger partial charge in [0, 0.05) is 0 Å². The van der Waals surface area contributed by atoms with Gasteiger partial charge in [-0.15, -0.1) is 0 Å². The Morgan fingerprint density at radius 2 is 1.76 bits per heavy atom. The molecule has 4 N–H and O–H groups in total. The normalized spacial score (nSPS) is 29.1. The Balaban J connectivity index is -0.000000610. The van der Waals surface area contributed by atoms with Gasteiger partial charge in [0.1, 0.15) is 18.3 Å². The quantitative estimate of drug-likeness (QED) is 0.0361. The summed E-state index contributed by atoms with van der Waals surface area (Å²) in [5.74, 6) is 0. The van der Waals surface area contributed by atoms with Crippen molar-refractivity contribution in [1.29, 1.82) is 0 Å². The number of hydrogen-bond donors (Lipinski definition) is 4. The molecule has 0 aromatic rings. The van der Waals surface area contributed by atoms with E-state index in [0.717, 1.165) is 0 Å². The molecule has 0 saturated carbocycles. The Labute approximate surface area is 194 Å². The molecule has 0 radical (unpaired) electrons. The van der Waals surface area contributed by atoms with Gasteiger partial charge in [-0.2, -0.15) is 4.33 Å². The van der Waals surface area contributed by atoms with Gasteiger partial charge in [-0.3, -0.25) is 9.59 Å². The Morgan fingerprint density at radius 3 is 2.16 bits per heavy atom. The fourth-order valence-electron chi connectivity index (χ4n) is 1.53. The van der Waals surface area contributed by atoms with Crippen LogP contribution in [0.1, 0.15) is 13.8 Å². The van der Waals surface area contributed by atoms with Gasteiger partial charge in [0.2, 0.25) is 10.4 Å². The third-order valence-electron chi connectivity index (χ3n) is 2.35. The van der Waals surface area contributed by atoms with Crippen LogP contribution in [0.5, 0.6) is 0 Å². The van der Waals surface area contributed by atoms with E-state index >= 15 is 0 Å². The summed E-state index contributed by atoms with van der Waals surface area (Å²) in [5, 5.41) is 32.3. The maximum Gasteiger partial charge on any atom is 1.00 e. The van der Waals surface area contributed by atoms with Crippen molar-refractivity contribution in [3.05, 3.63) is 6.92 Å². The van der Waals surface area contributed by atoms with Crippen molar-refractivity contribution in [2.24, 2.45) is 0 Å². The summed E-state index contributed by atoms with van der Waals surface area (Å²) in [6.45, 7) is 7.15. The summed E-state index contributed by atoms with van der Waals surface area (Å²) in [6.07, 6.45) is -4.18. The van der Waals surface area contributed by atoms with Gasteiger partial charge in [0.25, 0.3) is 0 Å². The fraction of sp³-hybridized carbons (Fsp3) is 0.889. The molecular formula is C9H18NNa2O11S2-. The van der Waals surface area contributed by atoms with Crippen LogP contribution in [0, 0.1) is 6.92 Å². The minimum atomic E-state index is -4.92. The van der Waals surface area contributed by atoms with Crippen LogP contribution < -0.4 is 69.1 Å². The molecule has 2 unspecified atom stereocenters. The van der Waals surface area contributed by atoms with Crippen LogP contribution in [0.4, 0.5) is 0 Å². The zero-order valence-electron chi connectivity index (χ0n) is 14.1. The first-order valence-corrected chi connectivity index (χ1v) is 8.14. The number of rotatable bonds is 6. The van der Waals surface area contributed by atoms with Crippen molar-refractivity contribution in [2.75, 3.05) is 0 Å². The number of nitrogens with one attached hydrogen (secondary N) is 1. The molecule has 1 fully saturated rings. The van der Waals surface area contributed by atoms with Crippen LogP contribution in [0.25, 0.3) is 0 Å². The van der Waals surface area contributed by atoms with E-state index in [2.05, 4.69) is 21.0 Å². The Morgan fingerprint density at radius 1 is 1.28 bits per heavy atom. The van der Waals surface area contributed by atoms with E-state index in [0.29, 0.717) is 12.2 Å². The molecule has 1 aliphatic rings. The molecule has 0 spiro atoms. The first-order chi connectivity index (χ1) is 10.5. The molecule has 5 atom stereocenters. The van der Waals surface area contributed by atoms with Crippen molar-refractivity contribution in [3.63, 3.8) is 0 Å². The molecule has 12 nitrogen and oxygen atoms in total. The van der Waals surface area contributed by atoms with Gasteiger partial charge in [0.15, 0.2) is 6.29 Å². The molecule has 0 bridgehead atoms. The van der Waals surface area contributed by atoms with Gasteiger partial charge in [-0.1, -0.05) is 0 Å². The minimum Gasteiger partial charge on any atom is -0.726 e. The van der Waals surface area contributed by atoms with Crippen molar-refractivity contribution in [1.82, 2.24) is 4.72 Å². The second-order valence-electron chi connectivity index (χ2n) is 4.50. The van der Waals surface area contributed by atoms with Crippen molar-refractivity contribution in [2.45, 2.75) is 50.6 Å². The molecule has 0 aromatic heterocycles. The molecule has 0 aliphatic carbocycles. The summed E-state index contributed by atoms with van der Waals surface area (Å²) in [6, 6.07) is -0.805. The third-order valence-corrected chi connectivity index (χ3v) is 2.85. The number of aliphatic hydroxyl groups excluding tert-OH is 2. The van der Waals surface area contributed by atoms with Crippen LogP contribution >= 0.6 is 12.2 Å².